The van der Waals surface area contributed by atoms with Gasteiger partial charge in [0, 0.05) is 18.0 Å². The van der Waals surface area contributed by atoms with Crippen molar-refractivity contribution in [2.45, 2.75) is 24.5 Å². The van der Waals surface area contributed by atoms with E-state index >= 15 is 0 Å². The molecule has 0 amide bonds. The van der Waals surface area contributed by atoms with E-state index in [9.17, 15) is 0 Å². The monoisotopic (exact) mass is 413 g/mol. The van der Waals surface area contributed by atoms with Crippen molar-refractivity contribution in [3.8, 4) is 5.69 Å². The Bertz CT molecular complexity index is 1080. The largest absolute Gasteiger partial charge is 0.299 e. The molecule has 0 radical (unpaired) electrons. The SMILES string of the molecule is c1ccc(CN2CCC(CSc3nc4ccccc4n3-c3ccccc3)CC2)cc1. The average Bonchev–Trinajstić information content (AvgIpc) is 3.18. The van der Waals surface area contributed by atoms with Crippen LogP contribution < -0.4 is 0 Å². The summed E-state index contributed by atoms with van der Waals surface area (Å²) in [5.41, 5.74) is 4.86. The number of hydrogen-bond donors (Lipinski definition) is 0. The Morgan fingerprint density at radius 2 is 1.47 bits per heavy atom. The van der Waals surface area contributed by atoms with Gasteiger partial charge in [0.2, 0.25) is 0 Å². The summed E-state index contributed by atoms with van der Waals surface area (Å²) in [4.78, 5) is 7.55. The molecule has 1 aromatic heterocycles. The normalized spacial score (nSPS) is 15.6. The summed E-state index contributed by atoms with van der Waals surface area (Å²) in [6, 6.07) is 29.9. The molecule has 0 unspecified atom stereocenters. The van der Waals surface area contributed by atoms with Gasteiger partial charge in [-0.25, -0.2) is 4.98 Å². The molecule has 1 aliphatic rings. The van der Waals surface area contributed by atoms with Gasteiger partial charge in [-0.1, -0.05) is 72.4 Å². The number of piperidine rings is 1. The highest BCUT2D eigenvalue weighted by Gasteiger charge is 2.21. The predicted molar refractivity (Wildman–Crippen MR) is 126 cm³/mol. The van der Waals surface area contributed by atoms with E-state index in [0.29, 0.717) is 0 Å². The van der Waals surface area contributed by atoms with Crippen LogP contribution in [0.15, 0.2) is 90.1 Å². The summed E-state index contributed by atoms with van der Waals surface area (Å²) in [6.07, 6.45) is 2.54. The number of fused-ring (bicyclic) bond motifs is 1. The summed E-state index contributed by atoms with van der Waals surface area (Å²) in [5.74, 6) is 1.89. The third-order valence-corrected chi connectivity index (χ3v) is 7.12. The minimum Gasteiger partial charge on any atom is -0.299 e. The van der Waals surface area contributed by atoms with Gasteiger partial charge in [0.25, 0.3) is 0 Å². The molecule has 0 N–H and O–H groups in total. The molecule has 3 nitrogen and oxygen atoms in total. The molecule has 1 fully saturated rings. The molecule has 4 heteroatoms. The van der Waals surface area contributed by atoms with Crippen molar-refractivity contribution in [2.75, 3.05) is 18.8 Å². The van der Waals surface area contributed by atoms with Gasteiger partial charge in [-0.3, -0.25) is 9.47 Å². The summed E-state index contributed by atoms with van der Waals surface area (Å²) < 4.78 is 2.31. The van der Waals surface area contributed by atoms with E-state index in [1.54, 1.807) is 0 Å². The van der Waals surface area contributed by atoms with Crippen LogP contribution in [0.2, 0.25) is 0 Å². The van der Waals surface area contributed by atoms with Gasteiger partial charge >= 0.3 is 0 Å². The number of likely N-dealkylation sites (tertiary alicyclic amines) is 1. The Balaban J connectivity index is 1.25. The van der Waals surface area contributed by atoms with Crippen LogP contribution in [0.25, 0.3) is 16.7 Å². The fraction of sp³-hybridized carbons (Fsp3) is 0.269. The molecule has 3 aromatic carbocycles. The highest BCUT2D eigenvalue weighted by Crippen LogP contribution is 2.31. The Labute approximate surface area is 182 Å². The van der Waals surface area contributed by atoms with Gasteiger partial charge in [0.05, 0.1) is 11.0 Å². The third-order valence-electron chi connectivity index (χ3n) is 5.95. The minimum absolute atomic E-state index is 0.756. The molecule has 0 spiro atoms. The number of benzene rings is 3. The molecule has 152 valence electrons. The van der Waals surface area contributed by atoms with Gasteiger partial charge in [-0.05, 0) is 61.7 Å². The number of rotatable bonds is 6. The van der Waals surface area contributed by atoms with Crippen molar-refractivity contribution in [3.63, 3.8) is 0 Å². The summed E-state index contributed by atoms with van der Waals surface area (Å²) in [5, 5.41) is 1.11. The molecule has 0 bridgehead atoms. The fourth-order valence-corrected chi connectivity index (χ4v) is 5.49. The predicted octanol–water partition coefficient (Wildman–Crippen LogP) is 6.03. The fourth-order valence-electron chi connectivity index (χ4n) is 4.27. The van der Waals surface area contributed by atoms with Crippen LogP contribution in [0, 0.1) is 5.92 Å². The van der Waals surface area contributed by atoms with E-state index in [2.05, 4.69) is 94.4 Å². The Hall–Kier alpha value is -2.56. The van der Waals surface area contributed by atoms with Gasteiger partial charge in [0.15, 0.2) is 5.16 Å². The topological polar surface area (TPSA) is 21.1 Å². The Kier molecular flexibility index (Phi) is 5.87. The maximum Gasteiger partial charge on any atom is 0.173 e. The van der Waals surface area contributed by atoms with Gasteiger partial charge < -0.3 is 0 Å². The zero-order valence-electron chi connectivity index (χ0n) is 17.2. The molecule has 0 saturated carbocycles. The van der Waals surface area contributed by atoms with Crippen LogP contribution in [0.5, 0.6) is 0 Å². The molecule has 0 atom stereocenters. The molecule has 1 aliphatic heterocycles. The van der Waals surface area contributed by atoms with E-state index in [0.717, 1.165) is 28.9 Å². The molecule has 2 heterocycles. The van der Waals surface area contributed by atoms with Crippen LogP contribution in [-0.2, 0) is 6.54 Å². The summed E-state index contributed by atoms with van der Waals surface area (Å²) in [6.45, 7) is 3.45. The molecule has 4 aromatic rings. The average molecular weight is 414 g/mol. The lowest BCUT2D eigenvalue weighted by molar-refractivity contribution is 0.187. The number of hydrogen-bond acceptors (Lipinski definition) is 3. The van der Waals surface area contributed by atoms with E-state index < -0.39 is 0 Å². The Morgan fingerprint density at radius 3 is 2.23 bits per heavy atom. The highest BCUT2D eigenvalue weighted by atomic mass is 32.2. The lowest BCUT2D eigenvalue weighted by atomic mass is 9.98. The standard InChI is InChI=1S/C26H27N3S/c1-3-9-21(10-4-1)19-28-17-15-22(16-18-28)20-30-26-27-24-13-7-8-14-25(24)29(26)23-11-5-2-6-12-23/h1-14,22H,15-20H2. The van der Waals surface area contributed by atoms with E-state index in [4.69, 9.17) is 4.98 Å². The molecule has 0 aliphatic carbocycles. The summed E-state index contributed by atoms with van der Waals surface area (Å²) in [7, 11) is 0. The number of aromatic nitrogens is 2. The van der Waals surface area contributed by atoms with Crippen LogP contribution in [0.3, 0.4) is 0 Å². The third kappa shape index (κ3) is 4.30. The van der Waals surface area contributed by atoms with Crippen molar-refractivity contribution in [2.24, 2.45) is 5.92 Å². The van der Waals surface area contributed by atoms with E-state index in [1.165, 1.54) is 42.7 Å². The van der Waals surface area contributed by atoms with Crippen molar-refractivity contribution < 1.29 is 0 Å². The highest BCUT2D eigenvalue weighted by molar-refractivity contribution is 7.99. The Morgan fingerprint density at radius 1 is 0.800 bits per heavy atom. The quantitative estimate of drug-likeness (QED) is 0.360. The second kappa shape index (κ2) is 9.07. The number of nitrogens with zero attached hydrogens (tertiary/aromatic N) is 3. The maximum absolute atomic E-state index is 4.96. The number of para-hydroxylation sites is 3. The van der Waals surface area contributed by atoms with Crippen LogP contribution >= 0.6 is 11.8 Å². The molecular formula is C26H27N3S. The van der Waals surface area contributed by atoms with Crippen LogP contribution in [-0.4, -0.2) is 33.3 Å². The second-order valence-electron chi connectivity index (χ2n) is 8.07. The number of thioether (sulfide) groups is 1. The van der Waals surface area contributed by atoms with Crippen molar-refractivity contribution in [3.05, 3.63) is 90.5 Å². The molecular weight excluding hydrogens is 386 g/mol. The first-order valence-electron chi connectivity index (χ1n) is 10.8. The first-order chi connectivity index (χ1) is 14.9. The van der Waals surface area contributed by atoms with E-state index in [1.807, 2.05) is 11.8 Å². The zero-order chi connectivity index (χ0) is 20.2. The maximum atomic E-state index is 4.96. The number of imidazole rings is 1. The van der Waals surface area contributed by atoms with E-state index in [-0.39, 0.29) is 0 Å². The summed E-state index contributed by atoms with van der Waals surface area (Å²) >= 11 is 1.91. The van der Waals surface area contributed by atoms with Gasteiger partial charge in [-0.15, -0.1) is 0 Å². The second-order valence-corrected chi connectivity index (χ2v) is 9.06. The first-order valence-corrected chi connectivity index (χ1v) is 11.8. The van der Waals surface area contributed by atoms with Crippen LogP contribution in [0.4, 0.5) is 0 Å². The molecule has 1 saturated heterocycles. The van der Waals surface area contributed by atoms with Gasteiger partial charge in [-0.2, -0.15) is 0 Å². The minimum atomic E-state index is 0.756. The smallest absolute Gasteiger partial charge is 0.173 e. The lowest BCUT2D eigenvalue weighted by Gasteiger charge is -2.31. The van der Waals surface area contributed by atoms with Gasteiger partial charge in [0.1, 0.15) is 0 Å². The van der Waals surface area contributed by atoms with Crippen molar-refractivity contribution in [1.82, 2.24) is 14.5 Å². The molecule has 5 rings (SSSR count). The lowest BCUT2D eigenvalue weighted by Crippen LogP contribution is -2.33. The van der Waals surface area contributed by atoms with Crippen molar-refractivity contribution >= 4 is 22.8 Å². The van der Waals surface area contributed by atoms with Crippen LogP contribution in [0.1, 0.15) is 18.4 Å². The van der Waals surface area contributed by atoms with Crippen molar-refractivity contribution in [1.29, 1.82) is 0 Å². The zero-order valence-corrected chi connectivity index (χ0v) is 18.0. The molecule has 30 heavy (non-hydrogen) atoms. The first kappa shape index (κ1) is 19.4.